The largest absolute Gasteiger partial charge is 0.497 e. The van der Waals surface area contributed by atoms with E-state index in [2.05, 4.69) is 15.6 Å². The third-order valence-corrected chi connectivity index (χ3v) is 3.72. The molecule has 0 spiro atoms. The van der Waals surface area contributed by atoms with Crippen LogP contribution in [0.25, 0.3) is 5.69 Å². The van der Waals surface area contributed by atoms with E-state index in [-0.39, 0.29) is 11.4 Å². The summed E-state index contributed by atoms with van der Waals surface area (Å²) < 4.78 is 6.50. The highest BCUT2D eigenvalue weighted by Gasteiger charge is 2.18. The van der Waals surface area contributed by atoms with Gasteiger partial charge in [-0.15, -0.1) is 5.10 Å². The minimum atomic E-state index is -0.494. The average Bonchev–Trinajstić information content (AvgIpc) is 3.03. The van der Waals surface area contributed by atoms with E-state index in [0.717, 1.165) is 0 Å². The summed E-state index contributed by atoms with van der Waals surface area (Å²) in [4.78, 5) is 22.9. The van der Waals surface area contributed by atoms with Crippen LogP contribution in [-0.2, 0) is 0 Å². The quantitative estimate of drug-likeness (QED) is 0.557. The lowest BCUT2D eigenvalue weighted by atomic mass is 10.2. The summed E-state index contributed by atoms with van der Waals surface area (Å²) in [5, 5.41) is 21.5. The molecule has 1 aromatic heterocycles. The Kier molecular flexibility index (Phi) is 4.61. The number of nitrogens with zero attached hydrogens (tertiary/aromatic N) is 4. The number of hydrogen-bond donors (Lipinski definition) is 1. The number of ether oxygens (including phenoxy) is 1. The number of nitro groups is 1. The number of carbonyl (C=O) groups is 1. The maximum absolute atomic E-state index is 12.5. The SMILES string of the molecule is COc1cccc(NC(=O)c2nnn(-c3cccc([N+](=O)[O-])c3)c2C)c1. The van der Waals surface area contributed by atoms with Gasteiger partial charge in [0.05, 0.1) is 23.4 Å². The third kappa shape index (κ3) is 3.36. The summed E-state index contributed by atoms with van der Waals surface area (Å²) in [6.45, 7) is 1.67. The van der Waals surface area contributed by atoms with Crippen molar-refractivity contribution in [3.8, 4) is 11.4 Å². The van der Waals surface area contributed by atoms with Gasteiger partial charge in [0.15, 0.2) is 5.69 Å². The summed E-state index contributed by atoms with van der Waals surface area (Å²) in [6, 6.07) is 12.9. The molecule has 26 heavy (non-hydrogen) atoms. The number of hydrogen-bond acceptors (Lipinski definition) is 6. The maximum atomic E-state index is 12.5. The number of aromatic nitrogens is 3. The maximum Gasteiger partial charge on any atom is 0.278 e. The predicted molar refractivity (Wildman–Crippen MR) is 93.7 cm³/mol. The highest BCUT2D eigenvalue weighted by molar-refractivity contribution is 6.03. The van der Waals surface area contributed by atoms with Crippen LogP contribution in [0.15, 0.2) is 48.5 Å². The minimum absolute atomic E-state index is 0.0696. The monoisotopic (exact) mass is 353 g/mol. The van der Waals surface area contributed by atoms with Crippen molar-refractivity contribution in [2.45, 2.75) is 6.92 Å². The molecule has 1 heterocycles. The number of benzene rings is 2. The number of nitro benzene ring substituents is 1. The fraction of sp³-hybridized carbons (Fsp3) is 0.118. The molecule has 0 atom stereocenters. The van der Waals surface area contributed by atoms with Crippen LogP contribution >= 0.6 is 0 Å². The van der Waals surface area contributed by atoms with Crippen molar-refractivity contribution in [2.24, 2.45) is 0 Å². The zero-order valence-electron chi connectivity index (χ0n) is 14.0. The van der Waals surface area contributed by atoms with E-state index in [0.29, 0.717) is 22.8 Å². The molecule has 2 aromatic carbocycles. The standard InChI is InChI=1S/C17H15N5O4/c1-11-16(17(23)18-12-5-3-8-15(9-12)26-2)19-20-21(11)13-6-4-7-14(10-13)22(24)25/h3-10H,1-2H3,(H,18,23). The summed E-state index contributed by atoms with van der Waals surface area (Å²) in [5.41, 5.74) is 1.52. The number of methoxy groups -OCH3 is 1. The Morgan fingerprint density at radius 2 is 2.00 bits per heavy atom. The Hall–Kier alpha value is -3.75. The molecule has 3 rings (SSSR count). The third-order valence-electron chi connectivity index (χ3n) is 3.72. The van der Waals surface area contributed by atoms with E-state index in [1.807, 2.05) is 0 Å². The van der Waals surface area contributed by atoms with Crippen LogP contribution in [0.1, 0.15) is 16.2 Å². The Morgan fingerprint density at radius 3 is 2.73 bits per heavy atom. The number of nitrogens with one attached hydrogen (secondary N) is 1. The molecule has 1 amide bonds. The molecular formula is C17H15N5O4. The highest BCUT2D eigenvalue weighted by atomic mass is 16.6. The molecule has 0 radical (unpaired) electrons. The second-order valence-electron chi connectivity index (χ2n) is 5.40. The van der Waals surface area contributed by atoms with Crippen molar-refractivity contribution in [3.05, 3.63) is 70.0 Å². The minimum Gasteiger partial charge on any atom is -0.497 e. The van der Waals surface area contributed by atoms with Crippen molar-refractivity contribution in [3.63, 3.8) is 0 Å². The Labute approximate surface area is 148 Å². The summed E-state index contributed by atoms with van der Waals surface area (Å²) in [6.07, 6.45) is 0. The topological polar surface area (TPSA) is 112 Å². The van der Waals surface area contributed by atoms with Crippen molar-refractivity contribution in [1.82, 2.24) is 15.0 Å². The first kappa shape index (κ1) is 17.1. The molecule has 132 valence electrons. The molecule has 1 N–H and O–H groups in total. The van der Waals surface area contributed by atoms with Gasteiger partial charge in [-0.05, 0) is 25.1 Å². The van der Waals surface area contributed by atoms with E-state index in [4.69, 9.17) is 4.74 Å². The van der Waals surface area contributed by atoms with E-state index in [1.165, 1.54) is 23.9 Å². The molecule has 3 aromatic rings. The van der Waals surface area contributed by atoms with Crippen molar-refractivity contribution in [1.29, 1.82) is 0 Å². The number of carbonyl (C=O) groups excluding carboxylic acids is 1. The van der Waals surface area contributed by atoms with Gasteiger partial charge in [-0.1, -0.05) is 17.3 Å². The highest BCUT2D eigenvalue weighted by Crippen LogP contribution is 2.20. The van der Waals surface area contributed by atoms with Gasteiger partial charge < -0.3 is 10.1 Å². The van der Waals surface area contributed by atoms with E-state index in [1.54, 1.807) is 43.3 Å². The van der Waals surface area contributed by atoms with E-state index < -0.39 is 10.8 Å². The molecule has 0 unspecified atom stereocenters. The van der Waals surface area contributed by atoms with Crippen molar-refractivity contribution < 1.29 is 14.5 Å². The second-order valence-corrected chi connectivity index (χ2v) is 5.40. The zero-order chi connectivity index (χ0) is 18.7. The normalized spacial score (nSPS) is 10.4. The molecule has 9 nitrogen and oxygen atoms in total. The smallest absolute Gasteiger partial charge is 0.278 e. The van der Waals surface area contributed by atoms with Gasteiger partial charge in [0.25, 0.3) is 11.6 Å². The van der Waals surface area contributed by atoms with Crippen LogP contribution < -0.4 is 10.1 Å². The van der Waals surface area contributed by atoms with Gasteiger partial charge in [0, 0.05) is 23.9 Å². The summed E-state index contributed by atoms with van der Waals surface area (Å²) in [5.74, 6) is 0.173. The Morgan fingerprint density at radius 1 is 1.23 bits per heavy atom. The lowest BCUT2D eigenvalue weighted by Gasteiger charge is -2.06. The summed E-state index contributed by atoms with van der Waals surface area (Å²) in [7, 11) is 1.54. The first-order valence-corrected chi connectivity index (χ1v) is 7.62. The van der Waals surface area contributed by atoms with Gasteiger partial charge in [0.1, 0.15) is 5.75 Å². The molecule has 0 bridgehead atoms. The molecule has 0 saturated heterocycles. The van der Waals surface area contributed by atoms with Gasteiger partial charge in [-0.2, -0.15) is 0 Å². The van der Waals surface area contributed by atoms with Crippen LogP contribution in [0.5, 0.6) is 5.75 Å². The van der Waals surface area contributed by atoms with Crippen molar-refractivity contribution in [2.75, 3.05) is 12.4 Å². The van der Waals surface area contributed by atoms with E-state index in [9.17, 15) is 14.9 Å². The van der Waals surface area contributed by atoms with Crippen LogP contribution in [0.3, 0.4) is 0 Å². The van der Waals surface area contributed by atoms with Gasteiger partial charge in [-0.3, -0.25) is 14.9 Å². The molecule has 9 heteroatoms. The molecule has 0 aliphatic rings. The lowest BCUT2D eigenvalue weighted by molar-refractivity contribution is -0.384. The fourth-order valence-corrected chi connectivity index (χ4v) is 2.41. The molecular weight excluding hydrogens is 338 g/mol. The van der Waals surface area contributed by atoms with Gasteiger partial charge in [0.2, 0.25) is 0 Å². The zero-order valence-corrected chi connectivity index (χ0v) is 14.0. The average molecular weight is 353 g/mol. The molecule has 0 aliphatic heterocycles. The number of rotatable bonds is 5. The van der Waals surface area contributed by atoms with Crippen LogP contribution in [0, 0.1) is 17.0 Å². The Bertz CT molecular complexity index is 983. The van der Waals surface area contributed by atoms with Crippen LogP contribution in [0.4, 0.5) is 11.4 Å². The van der Waals surface area contributed by atoms with Crippen molar-refractivity contribution >= 4 is 17.3 Å². The number of amides is 1. The molecule has 0 fully saturated rings. The number of non-ortho nitro benzene ring substituents is 1. The summed E-state index contributed by atoms with van der Waals surface area (Å²) >= 11 is 0. The predicted octanol–water partition coefficient (Wildman–Crippen LogP) is 2.74. The number of anilines is 1. The van der Waals surface area contributed by atoms with Crippen LogP contribution in [-0.4, -0.2) is 32.9 Å². The first-order chi connectivity index (χ1) is 12.5. The fourth-order valence-electron chi connectivity index (χ4n) is 2.41. The molecule has 0 saturated carbocycles. The van der Waals surface area contributed by atoms with Gasteiger partial charge >= 0.3 is 0 Å². The van der Waals surface area contributed by atoms with Crippen LogP contribution in [0.2, 0.25) is 0 Å². The second kappa shape index (κ2) is 7.01. The lowest BCUT2D eigenvalue weighted by Crippen LogP contribution is -2.14. The first-order valence-electron chi connectivity index (χ1n) is 7.62. The van der Waals surface area contributed by atoms with E-state index >= 15 is 0 Å². The molecule has 0 aliphatic carbocycles. The van der Waals surface area contributed by atoms with Gasteiger partial charge in [-0.25, -0.2) is 4.68 Å². The Balaban J connectivity index is 1.87.